The van der Waals surface area contributed by atoms with Gasteiger partial charge in [-0.3, -0.25) is 14.5 Å². The SMILES string of the molecule is Cc1nc(C)c(C(=O)C2=C(O)C(=O)N(c3cccc(Cl)c3C)C2c2cccs2)s1. The molecule has 0 aliphatic carbocycles. The van der Waals surface area contributed by atoms with Crippen LogP contribution in [0.1, 0.15) is 36.9 Å². The van der Waals surface area contributed by atoms with Crippen LogP contribution >= 0.6 is 34.3 Å². The van der Waals surface area contributed by atoms with Gasteiger partial charge in [0.2, 0.25) is 5.78 Å². The minimum absolute atomic E-state index is 0.0728. The van der Waals surface area contributed by atoms with Crippen molar-refractivity contribution in [1.29, 1.82) is 0 Å². The third-order valence-corrected chi connectivity index (χ3v) is 7.28. The summed E-state index contributed by atoms with van der Waals surface area (Å²) in [7, 11) is 0. The van der Waals surface area contributed by atoms with Crippen molar-refractivity contribution < 1.29 is 14.7 Å². The number of rotatable bonds is 4. The molecule has 1 aliphatic heterocycles. The Hall–Kier alpha value is -2.48. The first-order chi connectivity index (χ1) is 13.8. The van der Waals surface area contributed by atoms with E-state index in [9.17, 15) is 14.7 Å². The number of amides is 1. The number of Topliss-reactive ketones (excluding diaryl/α,β-unsaturated/α-hetero) is 1. The van der Waals surface area contributed by atoms with Crippen LogP contribution in [-0.2, 0) is 4.79 Å². The molecule has 0 bridgehead atoms. The van der Waals surface area contributed by atoms with E-state index in [2.05, 4.69) is 4.98 Å². The van der Waals surface area contributed by atoms with Crippen LogP contribution in [-0.4, -0.2) is 21.8 Å². The maximum Gasteiger partial charge on any atom is 0.294 e. The number of anilines is 1. The number of halogens is 1. The predicted molar refractivity (Wildman–Crippen MR) is 116 cm³/mol. The molecule has 0 fully saturated rings. The number of aryl methyl sites for hydroxylation is 2. The van der Waals surface area contributed by atoms with Gasteiger partial charge < -0.3 is 5.11 Å². The first-order valence-electron chi connectivity index (χ1n) is 8.85. The number of hydrogen-bond acceptors (Lipinski definition) is 6. The number of benzene rings is 1. The second-order valence-electron chi connectivity index (χ2n) is 6.72. The Labute approximate surface area is 180 Å². The lowest BCUT2D eigenvalue weighted by Gasteiger charge is -2.27. The fourth-order valence-electron chi connectivity index (χ4n) is 3.52. The zero-order chi connectivity index (χ0) is 20.9. The summed E-state index contributed by atoms with van der Waals surface area (Å²) in [4.78, 5) is 33.5. The van der Waals surface area contributed by atoms with Crippen LogP contribution < -0.4 is 4.90 Å². The van der Waals surface area contributed by atoms with E-state index >= 15 is 0 Å². The van der Waals surface area contributed by atoms with E-state index in [0.717, 1.165) is 9.88 Å². The Morgan fingerprint density at radius 1 is 1.21 bits per heavy atom. The van der Waals surface area contributed by atoms with Gasteiger partial charge in [0.05, 0.1) is 21.2 Å². The summed E-state index contributed by atoms with van der Waals surface area (Å²) in [6.45, 7) is 5.38. The van der Waals surface area contributed by atoms with Gasteiger partial charge >= 0.3 is 0 Å². The summed E-state index contributed by atoms with van der Waals surface area (Å²) in [6, 6.07) is 8.23. The predicted octanol–water partition coefficient (Wildman–Crippen LogP) is 5.57. The quantitative estimate of drug-likeness (QED) is 0.534. The van der Waals surface area contributed by atoms with Gasteiger partial charge in [-0.25, -0.2) is 4.98 Å². The molecule has 1 amide bonds. The second-order valence-corrected chi connectivity index (χ2v) is 9.31. The largest absolute Gasteiger partial charge is 0.503 e. The summed E-state index contributed by atoms with van der Waals surface area (Å²) < 4.78 is 0. The Kier molecular flexibility index (Phi) is 5.06. The summed E-state index contributed by atoms with van der Waals surface area (Å²) >= 11 is 8.97. The van der Waals surface area contributed by atoms with Crippen LogP contribution in [0.3, 0.4) is 0 Å². The molecule has 0 saturated heterocycles. The van der Waals surface area contributed by atoms with Crippen molar-refractivity contribution in [1.82, 2.24) is 4.98 Å². The van der Waals surface area contributed by atoms with Gasteiger partial charge in [-0.05, 0) is 49.9 Å². The lowest BCUT2D eigenvalue weighted by Crippen LogP contribution is -2.31. The molecule has 1 atom stereocenters. The molecule has 4 rings (SSSR count). The molecular formula is C21H17ClN2O3S2. The Balaban J connectivity index is 1.91. The number of aromatic nitrogens is 1. The molecule has 3 heterocycles. The number of ketones is 1. The number of nitrogens with zero attached hydrogens (tertiary/aromatic N) is 2. The van der Waals surface area contributed by atoms with Gasteiger partial charge in [0.1, 0.15) is 6.04 Å². The van der Waals surface area contributed by atoms with Gasteiger partial charge in [0.15, 0.2) is 5.76 Å². The zero-order valence-electron chi connectivity index (χ0n) is 15.9. The summed E-state index contributed by atoms with van der Waals surface area (Å²) in [5, 5.41) is 13.9. The van der Waals surface area contributed by atoms with Gasteiger partial charge in [-0.15, -0.1) is 22.7 Å². The minimum atomic E-state index is -0.728. The number of aliphatic hydroxyl groups excluding tert-OH is 1. The fourth-order valence-corrected chi connectivity index (χ4v) is 5.39. The summed E-state index contributed by atoms with van der Waals surface area (Å²) in [6.07, 6.45) is 0. The van der Waals surface area contributed by atoms with Gasteiger partial charge in [0.25, 0.3) is 5.91 Å². The molecule has 2 aromatic heterocycles. The molecule has 0 radical (unpaired) electrons. The Bertz CT molecular complexity index is 1160. The highest BCUT2D eigenvalue weighted by molar-refractivity contribution is 7.14. The van der Waals surface area contributed by atoms with Crippen LogP contribution in [0.25, 0.3) is 0 Å². The smallest absolute Gasteiger partial charge is 0.294 e. The van der Waals surface area contributed by atoms with Gasteiger partial charge in [-0.1, -0.05) is 23.7 Å². The second kappa shape index (κ2) is 7.40. The van der Waals surface area contributed by atoms with E-state index in [1.165, 1.54) is 27.6 Å². The highest BCUT2D eigenvalue weighted by atomic mass is 35.5. The molecule has 0 spiro atoms. The highest BCUT2D eigenvalue weighted by Gasteiger charge is 2.46. The van der Waals surface area contributed by atoms with E-state index in [1.807, 2.05) is 31.4 Å². The van der Waals surface area contributed by atoms with Gasteiger partial charge in [0, 0.05) is 15.6 Å². The fraction of sp³-hybridized carbons (Fsp3) is 0.190. The molecular weight excluding hydrogens is 428 g/mol. The van der Waals surface area contributed by atoms with E-state index < -0.39 is 17.7 Å². The molecule has 1 N–H and O–H groups in total. The number of thiophene rings is 1. The van der Waals surface area contributed by atoms with Crippen LogP contribution in [0, 0.1) is 20.8 Å². The van der Waals surface area contributed by atoms with Crippen molar-refractivity contribution >= 4 is 51.7 Å². The molecule has 3 aromatic rings. The molecule has 1 unspecified atom stereocenters. The number of thiazole rings is 1. The maximum atomic E-state index is 13.4. The van der Waals surface area contributed by atoms with E-state index in [4.69, 9.17) is 11.6 Å². The number of carbonyl (C=O) groups excluding carboxylic acids is 2. The molecule has 1 aromatic carbocycles. The average Bonchev–Trinajstić information content (AvgIpc) is 3.37. The summed E-state index contributed by atoms with van der Waals surface area (Å²) in [5.74, 6) is -1.52. The van der Waals surface area contributed by atoms with Crippen molar-refractivity contribution in [3.05, 3.63) is 78.1 Å². The molecule has 0 saturated carbocycles. The van der Waals surface area contributed by atoms with Crippen molar-refractivity contribution in [3.63, 3.8) is 0 Å². The topological polar surface area (TPSA) is 70.5 Å². The normalized spacial score (nSPS) is 16.8. The van der Waals surface area contributed by atoms with Crippen LogP contribution in [0.4, 0.5) is 5.69 Å². The Morgan fingerprint density at radius 3 is 2.59 bits per heavy atom. The number of aliphatic hydroxyl groups is 1. The van der Waals surface area contributed by atoms with E-state index in [-0.39, 0.29) is 11.4 Å². The first-order valence-corrected chi connectivity index (χ1v) is 10.9. The first kappa shape index (κ1) is 19.8. The third-order valence-electron chi connectivity index (χ3n) is 4.87. The molecule has 148 valence electrons. The Morgan fingerprint density at radius 2 is 1.97 bits per heavy atom. The average molecular weight is 445 g/mol. The molecule has 1 aliphatic rings. The minimum Gasteiger partial charge on any atom is -0.503 e. The van der Waals surface area contributed by atoms with Crippen LogP contribution in [0.5, 0.6) is 0 Å². The van der Waals surface area contributed by atoms with Crippen LogP contribution in [0.2, 0.25) is 5.02 Å². The standard InChI is InChI=1S/C21H17ClN2O3S2/c1-10-13(22)6-4-7-14(10)24-17(15-8-5-9-28-15)16(19(26)21(24)27)18(25)20-11(2)23-12(3)29-20/h4-9,17,26H,1-3H3. The number of carbonyl (C=O) groups is 2. The third kappa shape index (κ3) is 3.19. The number of hydrogen-bond donors (Lipinski definition) is 1. The lowest BCUT2D eigenvalue weighted by molar-refractivity contribution is -0.117. The van der Waals surface area contributed by atoms with Crippen molar-refractivity contribution in [2.45, 2.75) is 26.8 Å². The van der Waals surface area contributed by atoms with Crippen molar-refractivity contribution in [2.24, 2.45) is 0 Å². The summed E-state index contributed by atoms with van der Waals surface area (Å²) in [5.41, 5.74) is 1.93. The van der Waals surface area contributed by atoms with Gasteiger partial charge in [-0.2, -0.15) is 0 Å². The molecule has 8 heteroatoms. The highest BCUT2D eigenvalue weighted by Crippen LogP contribution is 2.45. The zero-order valence-corrected chi connectivity index (χ0v) is 18.3. The van der Waals surface area contributed by atoms with Crippen LogP contribution in [0.15, 0.2) is 47.0 Å². The van der Waals surface area contributed by atoms with Crippen molar-refractivity contribution in [3.8, 4) is 0 Å². The lowest BCUT2D eigenvalue weighted by atomic mass is 9.99. The molecule has 29 heavy (non-hydrogen) atoms. The van der Waals surface area contributed by atoms with E-state index in [1.54, 1.807) is 25.1 Å². The van der Waals surface area contributed by atoms with Crippen molar-refractivity contribution in [2.75, 3.05) is 4.90 Å². The van der Waals surface area contributed by atoms with E-state index in [0.29, 0.717) is 26.8 Å². The maximum absolute atomic E-state index is 13.4. The monoisotopic (exact) mass is 444 g/mol. The molecule has 5 nitrogen and oxygen atoms in total.